The number of fused-ring (bicyclic) bond motifs is 2. The minimum atomic E-state index is -0.0719. The number of urea groups is 1. The molecule has 2 aliphatic rings. The molecule has 2 atom stereocenters. The molecule has 7 heteroatoms. The van der Waals surface area contributed by atoms with E-state index in [0.29, 0.717) is 29.4 Å². The summed E-state index contributed by atoms with van der Waals surface area (Å²) in [5, 5.41) is 3.03. The summed E-state index contributed by atoms with van der Waals surface area (Å²) < 4.78 is 7.60. The van der Waals surface area contributed by atoms with E-state index in [2.05, 4.69) is 5.32 Å². The summed E-state index contributed by atoms with van der Waals surface area (Å²) >= 11 is 0. The SMILES string of the molecule is Cc1ccc(-c2nc(NC(=O)N3C4CCCC3CC4)ccc2-c2ccc(=O)n(C(C)C)c2)o1. The van der Waals surface area contributed by atoms with Gasteiger partial charge in [0.15, 0.2) is 5.76 Å². The molecule has 2 unspecified atom stereocenters. The molecule has 2 amide bonds. The number of carbonyl (C=O) groups excluding carboxylic acids is 1. The average Bonchev–Trinajstić information content (AvgIpc) is 3.34. The lowest BCUT2D eigenvalue weighted by molar-refractivity contribution is 0.159. The number of anilines is 1. The first kappa shape index (κ1) is 21.5. The molecule has 0 aliphatic carbocycles. The van der Waals surface area contributed by atoms with Gasteiger partial charge in [0.1, 0.15) is 17.3 Å². The molecule has 5 heterocycles. The molecule has 172 valence electrons. The molecule has 2 saturated heterocycles. The first-order valence-corrected chi connectivity index (χ1v) is 11.8. The third kappa shape index (κ3) is 4.08. The number of pyridine rings is 2. The molecule has 1 N–H and O–H groups in total. The second kappa shape index (κ2) is 8.54. The molecule has 2 aliphatic heterocycles. The van der Waals surface area contributed by atoms with Crippen molar-refractivity contribution in [1.82, 2.24) is 14.5 Å². The molecule has 0 radical (unpaired) electrons. The van der Waals surface area contributed by atoms with Gasteiger partial charge in [0.25, 0.3) is 5.56 Å². The van der Waals surface area contributed by atoms with Crippen LogP contribution in [0.2, 0.25) is 0 Å². The number of furan rings is 1. The van der Waals surface area contributed by atoms with E-state index in [9.17, 15) is 9.59 Å². The van der Waals surface area contributed by atoms with Crippen LogP contribution in [0, 0.1) is 6.92 Å². The predicted molar refractivity (Wildman–Crippen MR) is 128 cm³/mol. The van der Waals surface area contributed by atoms with Gasteiger partial charge in [-0.2, -0.15) is 0 Å². The van der Waals surface area contributed by atoms with Crippen LogP contribution >= 0.6 is 0 Å². The number of aromatic nitrogens is 2. The highest BCUT2D eigenvalue weighted by Gasteiger charge is 2.39. The van der Waals surface area contributed by atoms with Gasteiger partial charge in [-0.1, -0.05) is 0 Å². The number of hydrogen-bond donors (Lipinski definition) is 1. The molecular formula is C26H30N4O3. The fourth-order valence-electron chi connectivity index (χ4n) is 5.20. The quantitative estimate of drug-likeness (QED) is 0.565. The van der Waals surface area contributed by atoms with Crippen LogP contribution in [0.1, 0.15) is 57.8 Å². The lowest BCUT2D eigenvalue weighted by atomic mass is 10.0. The van der Waals surface area contributed by atoms with Gasteiger partial charge in [-0.05, 0) is 83.2 Å². The van der Waals surface area contributed by atoms with Gasteiger partial charge in [0.2, 0.25) is 0 Å². The third-order valence-electron chi connectivity index (χ3n) is 6.84. The first-order chi connectivity index (χ1) is 15.9. The molecule has 2 fully saturated rings. The van der Waals surface area contributed by atoms with Crippen molar-refractivity contribution in [3.05, 3.63) is 58.7 Å². The van der Waals surface area contributed by atoms with E-state index < -0.39 is 0 Å². The molecule has 2 bridgehead atoms. The minimum Gasteiger partial charge on any atom is -0.460 e. The van der Waals surface area contributed by atoms with Crippen LogP contribution in [0.4, 0.5) is 10.6 Å². The summed E-state index contributed by atoms with van der Waals surface area (Å²) in [5.41, 5.74) is 2.30. The summed E-state index contributed by atoms with van der Waals surface area (Å²) in [5.74, 6) is 1.90. The summed E-state index contributed by atoms with van der Waals surface area (Å²) in [6.07, 6.45) is 7.40. The number of carbonyl (C=O) groups is 1. The summed E-state index contributed by atoms with van der Waals surface area (Å²) in [6, 6.07) is 11.6. The van der Waals surface area contributed by atoms with Crippen LogP contribution in [0.5, 0.6) is 0 Å². The fourth-order valence-corrected chi connectivity index (χ4v) is 5.20. The van der Waals surface area contributed by atoms with Gasteiger partial charge in [-0.3, -0.25) is 10.1 Å². The van der Waals surface area contributed by atoms with E-state index in [1.165, 1.54) is 6.42 Å². The Labute approximate surface area is 193 Å². The average molecular weight is 447 g/mol. The lowest BCUT2D eigenvalue weighted by Crippen LogP contribution is -2.46. The van der Waals surface area contributed by atoms with Gasteiger partial charge in [-0.15, -0.1) is 0 Å². The molecule has 33 heavy (non-hydrogen) atoms. The maximum Gasteiger partial charge on any atom is 0.323 e. The highest BCUT2D eigenvalue weighted by atomic mass is 16.3. The van der Waals surface area contributed by atoms with E-state index >= 15 is 0 Å². The largest absolute Gasteiger partial charge is 0.460 e. The molecule has 7 nitrogen and oxygen atoms in total. The topological polar surface area (TPSA) is 80.4 Å². The van der Waals surface area contributed by atoms with Gasteiger partial charge in [-0.25, -0.2) is 9.78 Å². The van der Waals surface area contributed by atoms with E-state index in [1.54, 1.807) is 16.7 Å². The van der Waals surface area contributed by atoms with Crippen molar-refractivity contribution in [2.24, 2.45) is 0 Å². The Kier molecular flexibility index (Phi) is 5.56. The summed E-state index contributed by atoms with van der Waals surface area (Å²) in [7, 11) is 0. The van der Waals surface area contributed by atoms with Crippen molar-refractivity contribution in [1.29, 1.82) is 0 Å². The molecule has 0 spiro atoms. The normalized spacial score (nSPS) is 19.8. The second-order valence-corrected chi connectivity index (χ2v) is 9.41. The highest BCUT2D eigenvalue weighted by molar-refractivity contribution is 5.90. The van der Waals surface area contributed by atoms with E-state index in [1.807, 2.05) is 56.1 Å². The van der Waals surface area contributed by atoms with E-state index in [-0.39, 0.29) is 17.6 Å². The zero-order valence-electron chi connectivity index (χ0n) is 19.4. The van der Waals surface area contributed by atoms with Crippen molar-refractivity contribution in [2.75, 3.05) is 5.32 Å². The number of rotatable bonds is 4. The van der Waals surface area contributed by atoms with Crippen molar-refractivity contribution in [2.45, 2.75) is 71.0 Å². The van der Waals surface area contributed by atoms with Crippen LogP contribution in [-0.4, -0.2) is 32.6 Å². The lowest BCUT2D eigenvalue weighted by Gasteiger charge is -2.34. The monoisotopic (exact) mass is 446 g/mol. The number of amides is 2. The number of aryl methyl sites for hydroxylation is 1. The molecular weight excluding hydrogens is 416 g/mol. The van der Waals surface area contributed by atoms with Gasteiger partial charge in [0, 0.05) is 41.5 Å². The molecule has 5 rings (SSSR count). The van der Waals surface area contributed by atoms with E-state index in [4.69, 9.17) is 9.40 Å². The number of nitrogens with one attached hydrogen (secondary N) is 1. The van der Waals surface area contributed by atoms with Gasteiger partial charge in [0.05, 0.1) is 0 Å². The van der Waals surface area contributed by atoms with Crippen LogP contribution < -0.4 is 10.9 Å². The molecule has 3 aromatic heterocycles. The highest BCUT2D eigenvalue weighted by Crippen LogP contribution is 2.36. The Morgan fingerprint density at radius 1 is 1.06 bits per heavy atom. The van der Waals surface area contributed by atoms with Crippen LogP contribution in [0.25, 0.3) is 22.6 Å². The molecule has 0 aromatic carbocycles. The van der Waals surface area contributed by atoms with E-state index in [0.717, 1.165) is 42.6 Å². The van der Waals surface area contributed by atoms with Crippen LogP contribution in [0.3, 0.4) is 0 Å². The Morgan fingerprint density at radius 3 is 2.48 bits per heavy atom. The van der Waals surface area contributed by atoms with Gasteiger partial charge < -0.3 is 13.9 Å². The standard InChI is InChI=1S/C26H30N4O3/c1-16(2)29-15-18(8-14-24(29)31)21-11-13-23(27-25(21)22-12-7-17(3)33-22)28-26(32)30-19-5-4-6-20(30)10-9-19/h7-8,11-16,19-20H,4-6,9-10H2,1-3H3,(H,27,28,32). The smallest absolute Gasteiger partial charge is 0.323 e. The Bertz CT molecular complexity index is 1230. The van der Waals surface area contributed by atoms with Crippen molar-refractivity contribution >= 4 is 11.8 Å². The number of nitrogens with zero attached hydrogens (tertiary/aromatic N) is 3. The number of hydrogen-bond acceptors (Lipinski definition) is 4. The summed E-state index contributed by atoms with van der Waals surface area (Å²) in [4.78, 5) is 32.2. The Balaban J connectivity index is 1.51. The maximum atomic E-state index is 13.1. The Hall–Kier alpha value is -3.35. The zero-order chi connectivity index (χ0) is 23.1. The summed E-state index contributed by atoms with van der Waals surface area (Å²) in [6.45, 7) is 5.85. The van der Waals surface area contributed by atoms with Crippen LogP contribution in [-0.2, 0) is 0 Å². The maximum absolute atomic E-state index is 13.1. The number of piperidine rings is 1. The fraction of sp³-hybridized carbons (Fsp3) is 0.423. The second-order valence-electron chi connectivity index (χ2n) is 9.41. The predicted octanol–water partition coefficient (Wildman–Crippen LogP) is 5.61. The first-order valence-electron chi connectivity index (χ1n) is 11.8. The van der Waals surface area contributed by atoms with Crippen molar-refractivity contribution in [3.63, 3.8) is 0 Å². The molecule has 3 aromatic rings. The van der Waals surface area contributed by atoms with Crippen molar-refractivity contribution < 1.29 is 9.21 Å². The van der Waals surface area contributed by atoms with Crippen molar-refractivity contribution in [3.8, 4) is 22.6 Å². The molecule has 0 saturated carbocycles. The van der Waals surface area contributed by atoms with Crippen LogP contribution in [0.15, 0.2) is 51.8 Å². The minimum absolute atomic E-state index is 0.0400. The Morgan fingerprint density at radius 2 is 1.82 bits per heavy atom. The third-order valence-corrected chi connectivity index (χ3v) is 6.84. The zero-order valence-corrected chi connectivity index (χ0v) is 19.4. The van der Waals surface area contributed by atoms with Gasteiger partial charge >= 0.3 is 6.03 Å².